The van der Waals surface area contributed by atoms with Crippen molar-refractivity contribution in [2.45, 2.75) is 131 Å². The van der Waals surface area contributed by atoms with Crippen LogP contribution in [0.2, 0.25) is 0 Å². The zero-order valence-electron chi connectivity index (χ0n) is 60.4. The molecule has 6 aromatic rings. The molecule has 5 heterocycles. The van der Waals surface area contributed by atoms with Crippen LogP contribution in [0.4, 0.5) is 28.4 Å². The van der Waals surface area contributed by atoms with Crippen molar-refractivity contribution in [1.82, 2.24) is 0 Å². The summed E-state index contributed by atoms with van der Waals surface area (Å²) < 4.78 is 218. The molecule has 0 saturated carbocycles. The Morgan fingerprint density at radius 1 is 0.382 bits per heavy atom. The SMILES string of the molecule is CC1Cc2cc(S(=O)(=O)Cl)ccc2N1S(C)(=O)=O.CC1Cc2cc(S(=O)(=O)c3ccc4c(c3)CC(C)N4S(C)(=O)=O)ccc2N1S(C)(=O)=O.CC1Cc2ccccc2C1.CC1Cc2ccccc2N1S(C)(=O)=O.CC1Cc2ccccc2N1S(C)(=O)=O.CS(=O)(=O)Cl.ClCCl.I.II.I[I-]I.O=S(=O)(O)Cl.[Cl][Al]([Cl])[Cl]. The van der Waals surface area contributed by atoms with Gasteiger partial charge in [-0.1, -0.05) is 67.6 Å². The normalized spacial score (nSPS) is 17.9. The summed E-state index contributed by atoms with van der Waals surface area (Å²) in [6.07, 6.45) is 12.4. The molecule has 5 aliphatic heterocycles. The number of hydrogen-bond donors (Lipinski definition) is 1. The largest absolute Gasteiger partial charge is 0.643 e. The first-order chi connectivity index (χ1) is 49.7. The van der Waals surface area contributed by atoms with E-state index in [2.05, 4.69) is 127 Å². The van der Waals surface area contributed by atoms with E-state index in [0.717, 1.165) is 66.3 Å². The molecule has 0 saturated heterocycles. The van der Waals surface area contributed by atoms with Gasteiger partial charge in [0.1, 0.15) is 0 Å². The van der Waals surface area contributed by atoms with Crippen molar-refractivity contribution in [3.8, 4) is 0 Å². The number of sulfone groups is 1. The molecule has 110 heavy (non-hydrogen) atoms. The Hall–Kier alpha value is 1.06. The van der Waals surface area contributed by atoms with Crippen LogP contribution in [0.5, 0.6) is 0 Å². The number of hydrogen-bond acceptors (Lipinski definition) is 18. The maximum absolute atomic E-state index is 13.3. The standard InChI is InChI=1S/C20H24N2O6S3.C10H12ClNO4S2.2C10H13NO2S.C10H12.CH2Cl2.CH3ClO2S.Al.ClHO3S.3ClH.I3.I2.HI/c1-13-9-15-11-17(5-7-19(15)21(13)29(3,23)24)31(27,28)18-6-8-20-16(12-18)10-14(2)22(20)30(4,25)26;1-7-5-8-6-9(18(11,15)16)3-4-10(8)12(7)17(2,13)14;2*1-8-7-9-5-3-4-6-10(9)11(8)14(2,12)13;1-8-6-9-4-2-3-5-10(9)7-8;2-1-3;1-5(2,3)4;;1-5(2,3)4;;;;1-3-2;1-2;/h5-8,11-14H,9-10H2,1-4H3;3-4,6-7H,5H2,1-2H3;2*3-6,8H,7H2,1-2H3;2-5,8H,6-7H2,1H3;1H2;1H3;;(H,2,3,4);3*1H;;;1H/q;;;;;;;+3;;;;;-1;;/p-3. The predicted octanol–water partition coefficient (Wildman–Crippen LogP) is 13.0. The van der Waals surface area contributed by atoms with Gasteiger partial charge in [0.05, 0.1) is 86.0 Å². The van der Waals surface area contributed by atoms with Crippen molar-refractivity contribution in [2.24, 2.45) is 5.92 Å². The third-order valence-corrected chi connectivity index (χ3v) is 25.3. The van der Waals surface area contributed by atoms with E-state index in [9.17, 15) is 67.3 Å². The number of rotatable bonds is 8. The average molecular weight is 2560 g/mol. The number of anilines is 5. The van der Waals surface area contributed by atoms with Gasteiger partial charge in [-0.3, -0.25) is 26.1 Å². The quantitative estimate of drug-likeness (QED) is 0.0486. The van der Waals surface area contributed by atoms with Gasteiger partial charge in [0.2, 0.25) is 69.0 Å². The average Bonchev–Trinajstić information content (AvgIpc) is 1.58. The van der Waals surface area contributed by atoms with E-state index < -0.39 is 98.8 Å². The summed E-state index contributed by atoms with van der Waals surface area (Å²) >= 11 is 17.3. The molecule has 0 bridgehead atoms. The van der Waals surface area contributed by atoms with Crippen LogP contribution in [0, 0.1) is 5.92 Å². The number of sulfonamides is 5. The second-order valence-electron chi connectivity index (χ2n) is 24.9. The summed E-state index contributed by atoms with van der Waals surface area (Å²) in [5, 5.41) is 0.194. The monoisotopic (exact) mass is 2560 g/mol. The minimum atomic E-state index is -4.19. The van der Waals surface area contributed by atoms with Crippen molar-refractivity contribution < 1.29 is 93.6 Å². The number of para-hydroxylation sites is 2. The molecule has 1 N–H and O–H groups in total. The zero-order valence-corrected chi connectivity index (χ0v) is 88.0. The fraction of sp³-hybridized carbons (Fsp3) is 0.419. The van der Waals surface area contributed by atoms with Gasteiger partial charge in [-0.15, -0.1) is 47.2 Å². The zero-order chi connectivity index (χ0) is 84.3. The van der Waals surface area contributed by atoms with E-state index >= 15 is 0 Å². The van der Waals surface area contributed by atoms with Crippen LogP contribution in [-0.2, 0) is 132 Å². The van der Waals surface area contributed by atoms with Crippen LogP contribution in [-0.4, -0.2) is 165 Å². The van der Waals surface area contributed by atoms with E-state index in [1.807, 2.05) is 62.4 Å². The smallest absolute Gasteiger partial charge is 0.273 e. The van der Waals surface area contributed by atoms with Crippen molar-refractivity contribution >= 4 is 311 Å². The molecule has 0 spiro atoms. The molecular weight excluding hydrogens is 2480 g/mol. The van der Waals surface area contributed by atoms with Crippen LogP contribution < -0.4 is 34.8 Å². The molecule has 1 aliphatic carbocycles. The molecule has 5 unspecified atom stereocenters. The second-order valence-corrected chi connectivity index (χ2v) is 67.2. The molecule has 12 rings (SSSR count). The van der Waals surface area contributed by atoms with Gasteiger partial charge in [-0.2, -0.15) is 8.42 Å². The van der Waals surface area contributed by atoms with Crippen LogP contribution in [0.1, 0.15) is 80.5 Å². The Labute approximate surface area is 760 Å². The third-order valence-electron chi connectivity index (χ3n) is 15.8. The first kappa shape index (κ1) is 109. The van der Waals surface area contributed by atoms with E-state index in [4.69, 9.17) is 77.0 Å². The number of benzene rings is 6. The predicted molar refractivity (Wildman–Crippen MR) is 496 cm³/mol. The Morgan fingerprint density at radius 2 is 0.564 bits per heavy atom. The molecule has 0 amide bonds. The maximum Gasteiger partial charge on any atom is 0.643 e. The maximum atomic E-state index is 13.3. The Balaban J connectivity index is 0.000000666. The summed E-state index contributed by atoms with van der Waals surface area (Å²) in [7, 11) is -2.94. The summed E-state index contributed by atoms with van der Waals surface area (Å²) in [5.74, 6) is 0.873. The molecular formula is C62H81AlCl8I6N5O19S9-. The topological polar surface area (TPSA) is 344 Å². The minimum Gasteiger partial charge on any atom is -0.273 e. The van der Waals surface area contributed by atoms with E-state index in [-0.39, 0.29) is 74.2 Å². The van der Waals surface area contributed by atoms with Gasteiger partial charge >= 0.3 is 71.2 Å². The van der Waals surface area contributed by atoms with Gasteiger partial charge in [0, 0.05) is 99.5 Å². The Morgan fingerprint density at radius 3 is 0.782 bits per heavy atom. The molecule has 6 aliphatic rings. The molecule has 0 fully saturated rings. The van der Waals surface area contributed by atoms with Crippen LogP contribution in [0.15, 0.2) is 142 Å². The van der Waals surface area contributed by atoms with Crippen molar-refractivity contribution in [3.05, 3.63) is 166 Å². The van der Waals surface area contributed by atoms with Crippen LogP contribution in [0.25, 0.3) is 0 Å². The fourth-order valence-electron chi connectivity index (χ4n) is 12.7. The number of fused-ring (bicyclic) bond motifs is 6. The first-order valence-corrected chi connectivity index (χ1v) is 74.3. The number of alkyl halides is 2. The molecule has 0 aromatic heterocycles. The summed E-state index contributed by atoms with van der Waals surface area (Å²) in [6, 6.07) is 36.6. The van der Waals surface area contributed by atoms with Crippen molar-refractivity contribution in [1.29, 1.82) is 0 Å². The molecule has 6 aromatic carbocycles. The van der Waals surface area contributed by atoms with Crippen LogP contribution >= 0.6 is 184 Å². The van der Waals surface area contributed by atoms with Crippen molar-refractivity contribution in [3.63, 3.8) is 0 Å². The van der Waals surface area contributed by atoms with Crippen molar-refractivity contribution in [2.75, 3.05) is 64.4 Å². The number of nitrogens with zero attached hydrogens (tertiary/aromatic N) is 5. The van der Waals surface area contributed by atoms with Gasteiger partial charge < -0.3 is 0 Å². The van der Waals surface area contributed by atoms with Gasteiger partial charge in [0.15, 0.2) is 0 Å². The molecule has 48 heteroatoms. The van der Waals surface area contributed by atoms with E-state index in [1.165, 1.54) is 101 Å². The minimum absolute atomic E-state index is 0. The Kier molecular flexibility index (Phi) is 47.1. The first-order valence-electron chi connectivity index (χ1n) is 31.1. The summed E-state index contributed by atoms with van der Waals surface area (Å²) in [6.45, 7) is 11.5. The van der Waals surface area contributed by atoms with E-state index in [1.54, 1.807) is 31.9 Å². The molecule has 24 nitrogen and oxygen atoms in total. The van der Waals surface area contributed by atoms with Gasteiger partial charge in [-0.05, 0) is 191 Å². The van der Waals surface area contributed by atoms with Crippen LogP contribution in [0.3, 0.4) is 0 Å². The summed E-state index contributed by atoms with van der Waals surface area (Å²) in [5.41, 5.74) is 10.6. The Bertz CT molecular complexity index is 4930. The van der Waals surface area contributed by atoms with Gasteiger partial charge in [-0.25, -0.2) is 97.5 Å². The fourth-order valence-corrected chi connectivity index (χ4v) is 21.2. The molecule has 5 atom stereocenters. The molecule has 0 radical (unpaired) electrons. The van der Waals surface area contributed by atoms with E-state index in [0.29, 0.717) is 66.3 Å². The van der Waals surface area contributed by atoms with Gasteiger partial charge in [0.25, 0.3) is 9.05 Å². The molecule has 624 valence electrons. The third kappa shape index (κ3) is 35.6. The second kappa shape index (κ2) is 47.5. The summed E-state index contributed by atoms with van der Waals surface area (Å²) in [4.78, 5) is 0.157. The number of halogens is 14.